The molecule has 3 atom stereocenters. The molecule has 0 saturated carbocycles. The Labute approximate surface area is 112 Å². The molecule has 1 heterocycles. The fourth-order valence-corrected chi connectivity index (χ4v) is 2.60. The lowest BCUT2D eigenvalue weighted by molar-refractivity contribution is -0.153. The van der Waals surface area contributed by atoms with Crippen molar-refractivity contribution in [1.82, 2.24) is 10.2 Å². The zero-order valence-corrected chi connectivity index (χ0v) is 11.8. The van der Waals surface area contributed by atoms with E-state index in [9.17, 15) is 18.0 Å². The van der Waals surface area contributed by atoms with E-state index in [1.54, 1.807) is 0 Å². The van der Waals surface area contributed by atoms with Crippen molar-refractivity contribution in [2.24, 2.45) is 0 Å². The second-order valence-electron chi connectivity index (χ2n) is 5.20. The van der Waals surface area contributed by atoms with Gasteiger partial charge < -0.3 is 4.90 Å². The van der Waals surface area contributed by atoms with Crippen LogP contribution in [0.1, 0.15) is 52.9 Å². The smallest absolute Gasteiger partial charge is 0.323 e. The van der Waals surface area contributed by atoms with E-state index >= 15 is 0 Å². The first kappa shape index (κ1) is 16.3. The number of halogens is 3. The summed E-state index contributed by atoms with van der Waals surface area (Å²) >= 11 is 0. The van der Waals surface area contributed by atoms with Crippen LogP contribution in [0.4, 0.5) is 13.2 Å². The molecule has 1 saturated heterocycles. The summed E-state index contributed by atoms with van der Waals surface area (Å²) in [5.41, 5.74) is 0. The fraction of sp³-hybridized carbons (Fsp3) is 0.923. The monoisotopic (exact) mass is 280 g/mol. The third kappa shape index (κ3) is 4.37. The molecule has 1 aliphatic heterocycles. The molecule has 0 aliphatic carbocycles. The lowest BCUT2D eigenvalue weighted by atomic mass is 10.1. The molecule has 1 fully saturated rings. The van der Waals surface area contributed by atoms with Gasteiger partial charge >= 0.3 is 6.18 Å². The summed E-state index contributed by atoms with van der Waals surface area (Å²) in [6.07, 6.45) is -2.26. The highest BCUT2D eigenvalue weighted by Gasteiger charge is 2.43. The Balaban J connectivity index is 2.71. The molecule has 1 aliphatic rings. The number of alkyl halides is 3. The zero-order valence-electron chi connectivity index (χ0n) is 11.8. The molecule has 112 valence electrons. The maximum atomic E-state index is 12.5. The quantitative estimate of drug-likeness (QED) is 0.811. The minimum atomic E-state index is -4.24. The maximum Gasteiger partial charge on any atom is 0.391 e. The van der Waals surface area contributed by atoms with E-state index in [1.165, 1.54) is 11.8 Å². The number of amides is 1. The van der Waals surface area contributed by atoms with Gasteiger partial charge in [0.05, 0.1) is 18.6 Å². The normalized spacial score (nSPS) is 26.0. The van der Waals surface area contributed by atoms with Gasteiger partial charge in [-0.2, -0.15) is 13.2 Å². The van der Waals surface area contributed by atoms with E-state index in [2.05, 4.69) is 5.32 Å². The molecule has 6 heteroatoms. The van der Waals surface area contributed by atoms with Gasteiger partial charge in [0.1, 0.15) is 0 Å². The van der Waals surface area contributed by atoms with Crippen molar-refractivity contribution in [3.05, 3.63) is 0 Å². The van der Waals surface area contributed by atoms with Crippen LogP contribution < -0.4 is 5.32 Å². The number of carbonyl (C=O) groups excluding carboxylic acids is 1. The first-order chi connectivity index (χ1) is 8.80. The van der Waals surface area contributed by atoms with Crippen molar-refractivity contribution in [3.63, 3.8) is 0 Å². The minimum absolute atomic E-state index is 0.183. The molecule has 0 radical (unpaired) electrons. The van der Waals surface area contributed by atoms with E-state index in [4.69, 9.17) is 0 Å². The van der Waals surface area contributed by atoms with Gasteiger partial charge in [-0.05, 0) is 19.8 Å². The number of nitrogens with zero attached hydrogens (tertiary/aromatic N) is 1. The van der Waals surface area contributed by atoms with Crippen LogP contribution in [-0.4, -0.2) is 35.2 Å². The van der Waals surface area contributed by atoms with Crippen molar-refractivity contribution in [3.8, 4) is 0 Å². The number of hydrogen-bond donors (Lipinski definition) is 1. The van der Waals surface area contributed by atoms with E-state index < -0.39 is 18.6 Å². The first-order valence-corrected chi connectivity index (χ1v) is 6.95. The van der Waals surface area contributed by atoms with E-state index in [0.717, 1.165) is 12.8 Å². The van der Waals surface area contributed by atoms with Crippen molar-refractivity contribution < 1.29 is 18.0 Å². The molecule has 0 aromatic rings. The zero-order chi connectivity index (χ0) is 14.6. The van der Waals surface area contributed by atoms with Crippen LogP contribution in [0.5, 0.6) is 0 Å². The van der Waals surface area contributed by atoms with Gasteiger partial charge in [-0.15, -0.1) is 0 Å². The number of hydrogen-bond acceptors (Lipinski definition) is 2. The van der Waals surface area contributed by atoms with Crippen molar-refractivity contribution >= 4 is 5.91 Å². The second-order valence-corrected chi connectivity index (χ2v) is 5.20. The molecule has 19 heavy (non-hydrogen) atoms. The second kappa shape index (κ2) is 6.59. The molecule has 1 amide bonds. The van der Waals surface area contributed by atoms with E-state index in [0.29, 0.717) is 12.8 Å². The van der Waals surface area contributed by atoms with Crippen LogP contribution in [0.25, 0.3) is 0 Å². The van der Waals surface area contributed by atoms with Gasteiger partial charge in [-0.25, -0.2) is 0 Å². The summed E-state index contributed by atoms with van der Waals surface area (Å²) in [5.74, 6) is -0.183. The van der Waals surface area contributed by atoms with Crippen molar-refractivity contribution in [2.45, 2.75) is 77.3 Å². The summed E-state index contributed by atoms with van der Waals surface area (Å²) in [4.78, 5) is 13.6. The Morgan fingerprint density at radius 1 is 1.37 bits per heavy atom. The van der Waals surface area contributed by atoms with Gasteiger partial charge in [0, 0.05) is 6.04 Å². The summed E-state index contributed by atoms with van der Waals surface area (Å²) in [6, 6.07) is -1.13. The Morgan fingerprint density at radius 2 is 2.00 bits per heavy atom. The summed E-state index contributed by atoms with van der Waals surface area (Å²) in [6.45, 7) is 5.37. The SMILES string of the molecule is CCCCC1NC(CC)N(C(C)CC(F)(F)F)C1=O. The van der Waals surface area contributed by atoms with Gasteiger partial charge in [0.2, 0.25) is 5.91 Å². The van der Waals surface area contributed by atoms with Gasteiger partial charge in [0.25, 0.3) is 0 Å². The predicted octanol–water partition coefficient (Wildman–Crippen LogP) is 3.05. The minimum Gasteiger partial charge on any atom is -0.323 e. The maximum absolute atomic E-state index is 12.5. The molecule has 3 unspecified atom stereocenters. The van der Waals surface area contributed by atoms with Crippen LogP contribution in [-0.2, 0) is 4.79 Å². The highest BCUT2D eigenvalue weighted by molar-refractivity contribution is 5.84. The number of nitrogens with one attached hydrogen (secondary N) is 1. The van der Waals surface area contributed by atoms with Crippen LogP contribution in [0.2, 0.25) is 0 Å². The summed E-state index contributed by atoms with van der Waals surface area (Å²) < 4.78 is 37.4. The first-order valence-electron chi connectivity index (χ1n) is 6.95. The highest BCUT2D eigenvalue weighted by Crippen LogP contribution is 2.28. The number of rotatable bonds is 6. The van der Waals surface area contributed by atoms with E-state index in [-0.39, 0.29) is 18.1 Å². The van der Waals surface area contributed by atoms with Crippen molar-refractivity contribution in [1.29, 1.82) is 0 Å². The Hall–Kier alpha value is -0.780. The molecule has 0 aromatic heterocycles. The average Bonchev–Trinajstić information content (AvgIpc) is 2.61. The molecular formula is C13H23F3N2O. The van der Waals surface area contributed by atoms with Gasteiger partial charge in [0.15, 0.2) is 0 Å². The molecule has 0 aromatic carbocycles. The van der Waals surface area contributed by atoms with Crippen LogP contribution in [0, 0.1) is 0 Å². The van der Waals surface area contributed by atoms with Gasteiger partial charge in [-0.3, -0.25) is 10.1 Å². The van der Waals surface area contributed by atoms with Crippen molar-refractivity contribution in [2.75, 3.05) is 0 Å². The largest absolute Gasteiger partial charge is 0.391 e. The molecular weight excluding hydrogens is 257 g/mol. The molecule has 0 bridgehead atoms. The van der Waals surface area contributed by atoms with Crippen LogP contribution >= 0.6 is 0 Å². The molecule has 0 spiro atoms. The van der Waals surface area contributed by atoms with Crippen LogP contribution in [0.15, 0.2) is 0 Å². The summed E-state index contributed by atoms with van der Waals surface area (Å²) in [7, 11) is 0. The van der Waals surface area contributed by atoms with Crippen LogP contribution in [0.3, 0.4) is 0 Å². The highest BCUT2D eigenvalue weighted by atomic mass is 19.4. The Bertz CT molecular complexity index is 307. The lowest BCUT2D eigenvalue weighted by Crippen LogP contribution is -2.44. The third-order valence-electron chi connectivity index (χ3n) is 3.52. The summed E-state index contributed by atoms with van der Waals surface area (Å²) in [5, 5.41) is 3.15. The topological polar surface area (TPSA) is 32.3 Å². The fourth-order valence-electron chi connectivity index (χ4n) is 2.60. The third-order valence-corrected chi connectivity index (χ3v) is 3.52. The molecule has 1 N–H and O–H groups in total. The lowest BCUT2D eigenvalue weighted by Gasteiger charge is -2.30. The Kier molecular flexibility index (Phi) is 5.64. The number of carbonyl (C=O) groups is 1. The molecule has 3 nitrogen and oxygen atoms in total. The molecule has 1 rings (SSSR count). The van der Waals surface area contributed by atoms with E-state index in [1.807, 2.05) is 13.8 Å². The average molecular weight is 280 g/mol. The standard InChI is InChI=1S/C13H23F3N2O/c1-4-6-7-10-12(19)18(11(5-2)17-10)9(3)8-13(14,15)16/h9-11,17H,4-8H2,1-3H3. The van der Waals surface area contributed by atoms with Gasteiger partial charge in [-0.1, -0.05) is 26.7 Å². The predicted molar refractivity (Wildman–Crippen MR) is 67.5 cm³/mol. The number of unbranched alkanes of at least 4 members (excludes halogenated alkanes) is 1. The Morgan fingerprint density at radius 3 is 2.47 bits per heavy atom.